The minimum atomic E-state index is -0.228. The molecule has 2 fully saturated rings. The molecule has 0 spiro atoms. The number of piperidine rings is 1. The Hall–Kier alpha value is -2.38. The van der Waals surface area contributed by atoms with Gasteiger partial charge in [-0.05, 0) is 70.5 Å². The summed E-state index contributed by atoms with van der Waals surface area (Å²) in [6, 6.07) is 4.17. The monoisotopic (exact) mass is 471 g/mol. The van der Waals surface area contributed by atoms with Gasteiger partial charge in [0.15, 0.2) is 5.78 Å². The van der Waals surface area contributed by atoms with Crippen molar-refractivity contribution in [1.29, 1.82) is 0 Å². The third kappa shape index (κ3) is 6.83. The molecule has 1 aromatic rings. The van der Waals surface area contributed by atoms with Gasteiger partial charge in [0.25, 0.3) is 0 Å². The van der Waals surface area contributed by atoms with E-state index >= 15 is 0 Å². The molecular weight excluding hydrogens is 430 g/mol. The van der Waals surface area contributed by atoms with Crippen molar-refractivity contribution in [2.45, 2.75) is 52.0 Å². The van der Waals surface area contributed by atoms with Gasteiger partial charge in [-0.3, -0.25) is 14.5 Å². The standard InChI is InChI=1S/C27H41N3O4/c1-5-8-21-19-23(26(33-4)20-25(21)34-6-2)24(31)9-10-27(32)30-15-11-22(12-16-30)29-14-7-13-28(3)17-18-29/h9-10,19-20,22H,5-8,11-18H2,1-4H3. The lowest BCUT2D eigenvalue weighted by Crippen LogP contribution is -2.47. The highest BCUT2D eigenvalue weighted by Crippen LogP contribution is 2.31. The molecule has 0 aliphatic carbocycles. The summed E-state index contributed by atoms with van der Waals surface area (Å²) in [4.78, 5) is 32.6. The second-order valence-corrected chi connectivity index (χ2v) is 9.29. The summed E-state index contributed by atoms with van der Waals surface area (Å²) in [6.45, 7) is 10.6. The maximum absolute atomic E-state index is 13.0. The molecule has 7 heteroatoms. The van der Waals surface area contributed by atoms with Gasteiger partial charge >= 0.3 is 0 Å². The van der Waals surface area contributed by atoms with Crippen molar-refractivity contribution in [2.24, 2.45) is 0 Å². The van der Waals surface area contributed by atoms with Crippen LogP contribution in [0.1, 0.15) is 55.5 Å². The van der Waals surface area contributed by atoms with Gasteiger partial charge in [-0.15, -0.1) is 0 Å². The number of hydrogen-bond donors (Lipinski definition) is 0. The molecule has 1 aromatic carbocycles. The number of hydrogen-bond acceptors (Lipinski definition) is 6. The Labute approximate surface area is 204 Å². The van der Waals surface area contributed by atoms with E-state index < -0.39 is 0 Å². The molecule has 3 rings (SSSR count). The Morgan fingerprint density at radius 2 is 1.76 bits per heavy atom. The zero-order valence-electron chi connectivity index (χ0n) is 21.3. The van der Waals surface area contributed by atoms with E-state index in [0.717, 1.165) is 76.3 Å². The van der Waals surface area contributed by atoms with Crippen molar-refractivity contribution in [2.75, 3.05) is 60.0 Å². The number of aryl methyl sites for hydroxylation is 1. The number of ether oxygens (including phenoxy) is 2. The van der Waals surface area contributed by atoms with Gasteiger partial charge in [-0.1, -0.05) is 13.3 Å². The first-order valence-electron chi connectivity index (χ1n) is 12.7. The van der Waals surface area contributed by atoms with E-state index in [1.807, 2.05) is 17.9 Å². The van der Waals surface area contributed by atoms with Gasteiger partial charge in [0.2, 0.25) is 5.91 Å². The molecule has 0 aromatic heterocycles. The topological polar surface area (TPSA) is 62.3 Å². The van der Waals surface area contributed by atoms with Gasteiger partial charge in [0.05, 0.1) is 19.3 Å². The molecule has 2 saturated heterocycles. The number of benzene rings is 1. The van der Waals surface area contributed by atoms with Crippen molar-refractivity contribution in [1.82, 2.24) is 14.7 Å². The quantitative estimate of drug-likeness (QED) is 0.406. The van der Waals surface area contributed by atoms with Crippen LogP contribution in [0.2, 0.25) is 0 Å². The normalized spacial score (nSPS) is 18.8. The van der Waals surface area contributed by atoms with Crippen molar-refractivity contribution in [3.63, 3.8) is 0 Å². The molecule has 0 bridgehead atoms. The smallest absolute Gasteiger partial charge is 0.246 e. The summed E-state index contributed by atoms with van der Waals surface area (Å²) in [5.41, 5.74) is 1.44. The molecule has 1 amide bonds. The predicted molar refractivity (Wildman–Crippen MR) is 135 cm³/mol. The van der Waals surface area contributed by atoms with Crippen LogP contribution in [0.25, 0.3) is 0 Å². The van der Waals surface area contributed by atoms with Crippen LogP contribution >= 0.6 is 0 Å². The molecule has 188 valence electrons. The lowest BCUT2D eigenvalue weighted by atomic mass is 10.0. The van der Waals surface area contributed by atoms with E-state index in [1.165, 1.54) is 18.6 Å². The number of carbonyl (C=O) groups excluding carboxylic acids is 2. The molecule has 2 heterocycles. The number of carbonyl (C=O) groups is 2. The van der Waals surface area contributed by atoms with Gasteiger partial charge < -0.3 is 19.3 Å². The number of rotatable bonds is 9. The molecule has 2 aliphatic rings. The summed E-state index contributed by atoms with van der Waals surface area (Å²) in [5, 5.41) is 0. The van der Waals surface area contributed by atoms with Gasteiger partial charge in [-0.25, -0.2) is 0 Å². The first-order chi connectivity index (χ1) is 16.5. The summed E-state index contributed by atoms with van der Waals surface area (Å²) in [6.07, 6.45) is 7.74. The number of likely N-dealkylation sites (tertiary alicyclic amines) is 1. The van der Waals surface area contributed by atoms with Crippen LogP contribution in [0.4, 0.5) is 0 Å². The number of ketones is 1. The number of allylic oxidation sites excluding steroid dienone is 1. The maximum Gasteiger partial charge on any atom is 0.246 e. The maximum atomic E-state index is 13.0. The van der Waals surface area contributed by atoms with Gasteiger partial charge in [-0.2, -0.15) is 0 Å². The van der Waals surface area contributed by atoms with Crippen molar-refractivity contribution in [3.05, 3.63) is 35.4 Å². The zero-order chi connectivity index (χ0) is 24.5. The predicted octanol–water partition coefficient (Wildman–Crippen LogP) is 3.41. The number of likely N-dealkylation sites (N-methyl/N-ethyl adjacent to an activating group) is 1. The molecule has 34 heavy (non-hydrogen) atoms. The summed E-state index contributed by atoms with van der Waals surface area (Å²) < 4.78 is 11.2. The summed E-state index contributed by atoms with van der Waals surface area (Å²) >= 11 is 0. The molecule has 0 atom stereocenters. The fourth-order valence-corrected chi connectivity index (χ4v) is 4.95. The lowest BCUT2D eigenvalue weighted by molar-refractivity contribution is -0.127. The van der Waals surface area contributed by atoms with Gasteiger partial charge in [0.1, 0.15) is 11.5 Å². The molecule has 7 nitrogen and oxygen atoms in total. The first-order valence-corrected chi connectivity index (χ1v) is 12.7. The third-order valence-corrected chi connectivity index (χ3v) is 6.89. The van der Waals surface area contributed by atoms with E-state index in [-0.39, 0.29) is 11.7 Å². The average Bonchev–Trinajstić information content (AvgIpc) is 3.07. The van der Waals surface area contributed by atoms with Crippen molar-refractivity contribution < 1.29 is 19.1 Å². The van der Waals surface area contributed by atoms with Gasteiger partial charge in [0, 0.05) is 44.4 Å². The van der Waals surface area contributed by atoms with Crippen molar-refractivity contribution >= 4 is 11.7 Å². The third-order valence-electron chi connectivity index (χ3n) is 6.89. The Kier molecular flexibility index (Phi) is 9.96. The number of methoxy groups -OCH3 is 1. The Bertz CT molecular complexity index is 862. The number of amides is 1. The Balaban J connectivity index is 1.60. The van der Waals surface area contributed by atoms with Crippen LogP contribution in [-0.4, -0.2) is 92.5 Å². The second-order valence-electron chi connectivity index (χ2n) is 9.29. The molecule has 0 N–H and O–H groups in total. The molecule has 2 aliphatic heterocycles. The van der Waals surface area contributed by atoms with E-state index in [4.69, 9.17) is 9.47 Å². The molecule has 0 unspecified atom stereocenters. The highest BCUT2D eigenvalue weighted by Gasteiger charge is 2.27. The zero-order valence-corrected chi connectivity index (χ0v) is 21.3. The molecule has 0 saturated carbocycles. The van der Waals surface area contributed by atoms with Crippen LogP contribution in [-0.2, 0) is 11.2 Å². The Morgan fingerprint density at radius 3 is 2.44 bits per heavy atom. The molecule has 0 radical (unpaired) electrons. The Morgan fingerprint density at radius 1 is 1.00 bits per heavy atom. The fourth-order valence-electron chi connectivity index (χ4n) is 4.95. The van der Waals surface area contributed by atoms with Crippen LogP contribution in [0.3, 0.4) is 0 Å². The van der Waals surface area contributed by atoms with E-state index in [0.29, 0.717) is 24.0 Å². The molecular formula is C27H41N3O4. The summed E-state index contributed by atoms with van der Waals surface area (Å²) in [5.74, 6) is 0.890. The number of nitrogens with zero attached hydrogens (tertiary/aromatic N) is 3. The largest absolute Gasteiger partial charge is 0.496 e. The van der Waals surface area contributed by atoms with Crippen LogP contribution in [0.15, 0.2) is 24.3 Å². The second kappa shape index (κ2) is 12.9. The summed E-state index contributed by atoms with van der Waals surface area (Å²) in [7, 11) is 3.73. The SMILES string of the molecule is CCCc1cc(C(=O)C=CC(=O)N2CCC(N3CCCN(C)CC3)CC2)c(OC)cc1OCC. The first kappa shape index (κ1) is 26.2. The van der Waals surface area contributed by atoms with Crippen molar-refractivity contribution in [3.8, 4) is 11.5 Å². The minimum absolute atomic E-state index is 0.0962. The highest BCUT2D eigenvalue weighted by molar-refractivity contribution is 6.09. The minimum Gasteiger partial charge on any atom is -0.496 e. The van der Waals surface area contributed by atoms with Crippen LogP contribution in [0, 0.1) is 0 Å². The van der Waals surface area contributed by atoms with Crippen LogP contribution < -0.4 is 9.47 Å². The fraction of sp³-hybridized carbons (Fsp3) is 0.630. The highest BCUT2D eigenvalue weighted by atomic mass is 16.5. The van der Waals surface area contributed by atoms with Crippen LogP contribution in [0.5, 0.6) is 11.5 Å². The lowest BCUT2D eigenvalue weighted by Gasteiger charge is -2.37. The van der Waals surface area contributed by atoms with E-state index in [1.54, 1.807) is 13.2 Å². The van der Waals surface area contributed by atoms with E-state index in [9.17, 15) is 9.59 Å². The van der Waals surface area contributed by atoms with E-state index in [2.05, 4.69) is 23.8 Å². The average molecular weight is 472 g/mol.